The first kappa shape index (κ1) is 21.9. The summed E-state index contributed by atoms with van der Waals surface area (Å²) in [4.78, 5) is 13.8. The number of anilines is 1. The summed E-state index contributed by atoms with van der Waals surface area (Å²) in [5.74, 6) is -0.217. The number of carbonyl (C=O) groups is 1. The van der Waals surface area contributed by atoms with Gasteiger partial charge in [0, 0.05) is 36.1 Å². The molecule has 168 valence electrons. The van der Waals surface area contributed by atoms with Gasteiger partial charge in [-0.3, -0.25) is 9.78 Å². The molecule has 0 unspecified atom stereocenters. The maximum atomic E-state index is 13.7. The van der Waals surface area contributed by atoms with Gasteiger partial charge >= 0.3 is 0 Å². The second-order valence-corrected chi connectivity index (χ2v) is 8.53. The molecule has 0 bridgehead atoms. The van der Waals surface area contributed by atoms with E-state index < -0.39 is 0 Å². The third-order valence-electron chi connectivity index (χ3n) is 5.68. The molecule has 0 spiro atoms. The molecule has 0 atom stereocenters. The molecule has 3 aromatic rings. The Morgan fingerprint density at radius 2 is 1.91 bits per heavy atom. The van der Waals surface area contributed by atoms with Gasteiger partial charge in [0.15, 0.2) is 0 Å². The topological polar surface area (TPSA) is 111 Å². The first-order valence-corrected chi connectivity index (χ1v) is 10.8. The molecule has 1 aromatic carbocycles. The van der Waals surface area contributed by atoms with Gasteiger partial charge in [0.2, 0.25) is 6.41 Å². The van der Waals surface area contributed by atoms with Crippen LogP contribution in [-0.4, -0.2) is 44.5 Å². The van der Waals surface area contributed by atoms with Crippen molar-refractivity contribution in [2.75, 3.05) is 5.32 Å². The highest BCUT2D eigenvalue weighted by atomic mass is 19.1. The van der Waals surface area contributed by atoms with Crippen molar-refractivity contribution >= 4 is 12.1 Å². The van der Waals surface area contributed by atoms with Crippen molar-refractivity contribution in [3.05, 3.63) is 53.7 Å². The van der Waals surface area contributed by atoms with Crippen molar-refractivity contribution in [3.63, 3.8) is 0 Å². The maximum Gasteiger partial charge on any atom is 0.207 e. The lowest BCUT2D eigenvalue weighted by atomic mass is 9.87. The van der Waals surface area contributed by atoms with Crippen LogP contribution in [0.25, 0.3) is 16.9 Å². The Kier molecular flexibility index (Phi) is 6.45. The van der Waals surface area contributed by atoms with Crippen LogP contribution in [-0.2, 0) is 4.79 Å². The van der Waals surface area contributed by atoms with E-state index in [4.69, 9.17) is 5.73 Å². The lowest BCUT2D eigenvalue weighted by molar-refractivity contribution is -0.109. The van der Waals surface area contributed by atoms with Crippen LogP contribution in [0.5, 0.6) is 0 Å². The largest absolute Gasteiger partial charge is 0.381 e. The predicted octanol–water partition coefficient (Wildman–Crippen LogP) is 2.88. The zero-order chi connectivity index (χ0) is 22.7. The standard InChI is InChI=1S/C19H21FN6.C4H7NO/c1-11-4-19(12(2)3-17(11)20)26-10-18(24-25-26)13-5-16(9-22-8-13)23-15-6-14(21)7-15;6-3-5-4-1-2-4/h3-5,8-10,14-15,23H,6-7,21H2,1-2H3;3-4H,1-2H2,(H,5,6). The van der Waals surface area contributed by atoms with Crippen molar-refractivity contribution in [2.45, 2.75) is 57.7 Å². The van der Waals surface area contributed by atoms with E-state index in [9.17, 15) is 9.18 Å². The number of pyridine rings is 1. The van der Waals surface area contributed by atoms with E-state index >= 15 is 0 Å². The average Bonchev–Trinajstić information content (AvgIpc) is 3.43. The molecule has 0 aliphatic heterocycles. The minimum Gasteiger partial charge on any atom is -0.381 e. The summed E-state index contributed by atoms with van der Waals surface area (Å²) in [5.41, 5.74) is 10.6. The second-order valence-electron chi connectivity index (χ2n) is 8.53. The molecule has 2 heterocycles. The van der Waals surface area contributed by atoms with Gasteiger partial charge in [-0.25, -0.2) is 9.07 Å². The van der Waals surface area contributed by atoms with E-state index in [2.05, 4.69) is 25.9 Å². The molecule has 2 saturated carbocycles. The molecule has 5 rings (SSSR count). The fourth-order valence-electron chi connectivity index (χ4n) is 3.55. The number of hydrogen-bond acceptors (Lipinski definition) is 6. The van der Waals surface area contributed by atoms with Crippen LogP contribution in [0.15, 0.2) is 36.8 Å². The number of nitrogens with two attached hydrogens (primary N) is 1. The molecule has 0 saturated heterocycles. The van der Waals surface area contributed by atoms with Crippen LogP contribution in [0, 0.1) is 19.7 Å². The number of hydrogen-bond donors (Lipinski definition) is 3. The van der Waals surface area contributed by atoms with Crippen LogP contribution >= 0.6 is 0 Å². The van der Waals surface area contributed by atoms with Crippen LogP contribution in [0.1, 0.15) is 36.8 Å². The van der Waals surface area contributed by atoms with Crippen LogP contribution in [0.4, 0.5) is 10.1 Å². The van der Waals surface area contributed by atoms with Gasteiger partial charge in [-0.1, -0.05) is 5.21 Å². The molecule has 1 amide bonds. The van der Waals surface area contributed by atoms with Crippen molar-refractivity contribution in [1.29, 1.82) is 0 Å². The highest BCUT2D eigenvalue weighted by molar-refractivity contribution is 5.63. The van der Waals surface area contributed by atoms with E-state index in [0.29, 0.717) is 29.4 Å². The molecule has 2 aliphatic carbocycles. The minimum atomic E-state index is -0.217. The predicted molar refractivity (Wildman–Crippen MR) is 121 cm³/mol. The quantitative estimate of drug-likeness (QED) is 0.512. The van der Waals surface area contributed by atoms with Crippen LogP contribution < -0.4 is 16.4 Å². The summed E-state index contributed by atoms with van der Waals surface area (Å²) < 4.78 is 15.4. The monoisotopic (exact) mass is 437 g/mol. The van der Waals surface area contributed by atoms with Crippen molar-refractivity contribution in [3.8, 4) is 16.9 Å². The lowest BCUT2D eigenvalue weighted by Crippen LogP contribution is -2.44. The number of halogens is 1. The Labute approximate surface area is 186 Å². The Balaban J connectivity index is 0.000000354. The number of carbonyl (C=O) groups excluding carboxylic acids is 1. The maximum absolute atomic E-state index is 13.7. The Morgan fingerprint density at radius 1 is 1.12 bits per heavy atom. The Morgan fingerprint density at radius 3 is 2.56 bits per heavy atom. The average molecular weight is 438 g/mol. The summed E-state index contributed by atoms with van der Waals surface area (Å²) in [6, 6.07) is 6.53. The molecule has 8 nitrogen and oxygen atoms in total. The fourth-order valence-corrected chi connectivity index (χ4v) is 3.55. The number of benzene rings is 1. The van der Waals surface area contributed by atoms with Crippen LogP contribution in [0.2, 0.25) is 0 Å². The molecule has 2 fully saturated rings. The van der Waals surface area contributed by atoms with Crippen LogP contribution in [0.3, 0.4) is 0 Å². The SMILES string of the molecule is Cc1cc(-n2cc(-c3cncc(NC4CC(N)C4)c3)nn2)c(C)cc1F.O=CNC1CC1. The Bertz CT molecular complexity index is 1090. The number of aryl methyl sites for hydroxylation is 2. The first-order chi connectivity index (χ1) is 15.4. The molecule has 2 aliphatic rings. The summed E-state index contributed by atoms with van der Waals surface area (Å²) in [6.07, 6.45) is 10.5. The summed E-state index contributed by atoms with van der Waals surface area (Å²) in [6.45, 7) is 3.59. The van der Waals surface area contributed by atoms with E-state index in [0.717, 1.165) is 41.8 Å². The highest BCUT2D eigenvalue weighted by Crippen LogP contribution is 2.26. The van der Waals surface area contributed by atoms with Gasteiger partial charge in [0.1, 0.15) is 11.5 Å². The molecule has 2 aromatic heterocycles. The zero-order valence-electron chi connectivity index (χ0n) is 18.3. The molecular formula is C23H28FN7O. The highest BCUT2D eigenvalue weighted by Gasteiger charge is 2.25. The van der Waals surface area contributed by atoms with E-state index in [-0.39, 0.29) is 5.82 Å². The van der Waals surface area contributed by atoms with Gasteiger partial charge in [-0.05, 0) is 68.9 Å². The molecule has 0 radical (unpaired) electrons. The van der Waals surface area contributed by atoms with Crippen molar-refractivity contribution < 1.29 is 9.18 Å². The molecule has 32 heavy (non-hydrogen) atoms. The van der Waals surface area contributed by atoms with Crippen molar-refractivity contribution in [1.82, 2.24) is 25.3 Å². The normalized spacial score (nSPS) is 19.4. The van der Waals surface area contributed by atoms with Gasteiger partial charge < -0.3 is 16.4 Å². The summed E-state index contributed by atoms with van der Waals surface area (Å²) >= 11 is 0. The van der Waals surface area contributed by atoms with Gasteiger partial charge in [-0.2, -0.15) is 0 Å². The van der Waals surface area contributed by atoms with Gasteiger partial charge in [0.25, 0.3) is 0 Å². The van der Waals surface area contributed by atoms with Crippen molar-refractivity contribution in [2.24, 2.45) is 5.73 Å². The second kappa shape index (κ2) is 9.44. The first-order valence-electron chi connectivity index (χ1n) is 10.8. The number of nitrogens with one attached hydrogen (secondary N) is 2. The van der Waals surface area contributed by atoms with E-state index in [1.54, 1.807) is 30.1 Å². The number of aromatic nitrogens is 4. The Hall–Kier alpha value is -3.33. The van der Waals surface area contributed by atoms with E-state index in [1.807, 2.05) is 19.2 Å². The fraction of sp³-hybridized carbons (Fsp3) is 0.391. The number of amides is 1. The zero-order valence-corrected chi connectivity index (χ0v) is 18.3. The third-order valence-corrected chi connectivity index (χ3v) is 5.68. The number of rotatable bonds is 6. The number of nitrogens with zero attached hydrogens (tertiary/aromatic N) is 4. The van der Waals surface area contributed by atoms with Gasteiger partial charge in [0.05, 0.1) is 17.6 Å². The molecule has 9 heteroatoms. The summed E-state index contributed by atoms with van der Waals surface area (Å²) in [5, 5.41) is 14.5. The smallest absolute Gasteiger partial charge is 0.207 e. The van der Waals surface area contributed by atoms with E-state index in [1.165, 1.54) is 18.9 Å². The summed E-state index contributed by atoms with van der Waals surface area (Å²) in [7, 11) is 0. The van der Waals surface area contributed by atoms with Gasteiger partial charge in [-0.15, -0.1) is 5.10 Å². The minimum absolute atomic E-state index is 0.217. The third kappa shape index (κ3) is 5.28. The molecular weight excluding hydrogens is 409 g/mol. The molecule has 4 N–H and O–H groups in total. The lowest BCUT2D eigenvalue weighted by Gasteiger charge is -2.33.